The van der Waals surface area contributed by atoms with Gasteiger partial charge in [0.2, 0.25) is 5.82 Å². The van der Waals surface area contributed by atoms with Gasteiger partial charge in [-0.15, -0.1) is 0 Å². The molecule has 0 aliphatic carbocycles. The Morgan fingerprint density at radius 1 is 1.44 bits per heavy atom. The summed E-state index contributed by atoms with van der Waals surface area (Å²) in [6.07, 6.45) is 1.24. The first-order valence-electron chi connectivity index (χ1n) is 6.03. The van der Waals surface area contributed by atoms with Gasteiger partial charge in [-0.25, -0.2) is 0 Å². The van der Waals surface area contributed by atoms with Gasteiger partial charge in [0.25, 0.3) is 0 Å². The standard InChI is InChI=1S/C11H17F2N3O2/c1-7(17)8-3-5-16(6-4-8)10-14-9(15-18-10)11(2,12)13/h7-8,17H,3-6H2,1-2H3/t7-/m1/s1. The van der Waals surface area contributed by atoms with Crippen LogP contribution in [0.4, 0.5) is 14.8 Å². The maximum Gasteiger partial charge on any atom is 0.324 e. The van der Waals surface area contributed by atoms with Gasteiger partial charge in [0.05, 0.1) is 6.10 Å². The van der Waals surface area contributed by atoms with E-state index in [9.17, 15) is 13.9 Å². The van der Waals surface area contributed by atoms with E-state index in [4.69, 9.17) is 4.52 Å². The Morgan fingerprint density at radius 2 is 2.06 bits per heavy atom. The lowest BCUT2D eigenvalue weighted by Gasteiger charge is -2.31. The zero-order valence-electron chi connectivity index (χ0n) is 10.4. The molecule has 0 bridgehead atoms. The average molecular weight is 261 g/mol. The molecule has 1 N–H and O–H groups in total. The highest BCUT2D eigenvalue weighted by molar-refractivity contribution is 5.26. The highest BCUT2D eigenvalue weighted by Gasteiger charge is 2.33. The number of aromatic nitrogens is 2. The summed E-state index contributed by atoms with van der Waals surface area (Å²) in [6, 6.07) is 0.135. The van der Waals surface area contributed by atoms with Crippen molar-refractivity contribution in [2.45, 2.75) is 38.7 Å². The van der Waals surface area contributed by atoms with Gasteiger partial charge in [0, 0.05) is 20.0 Å². The van der Waals surface area contributed by atoms with Gasteiger partial charge in [-0.3, -0.25) is 0 Å². The van der Waals surface area contributed by atoms with E-state index < -0.39 is 11.7 Å². The van der Waals surface area contributed by atoms with Crippen molar-refractivity contribution in [3.05, 3.63) is 5.82 Å². The van der Waals surface area contributed by atoms with Crippen molar-refractivity contribution in [3.8, 4) is 0 Å². The summed E-state index contributed by atoms with van der Waals surface area (Å²) >= 11 is 0. The Labute approximate surface area is 104 Å². The van der Waals surface area contributed by atoms with Crippen LogP contribution >= 0.6 is 0 Å². The zero-order valence-corrected chi connectivity index (χ0v) is 10.4. The molecule has 1 aliphatic rings. The van der Waals surface area contributed by atoms with Crippen LogP contribution in [0.25, 0.3) is 0 Å². The molecule has 1 aromatic heterocycles. The summed E-state index contributed by atoms with van der Waals surface area (Å²) in [6.45, 7) is 3.77. The number of piperidine rings is 1. The fraction of sp³-hybridized carbons (Fsp3) is 0.818. The average Bonchev–Trinajstić information content (AvgIpc) is 2.78. The van der Waals surface area contributed by atoms with Gasteiger partial charge in [0.1, 0.15) is 0 Å². The second kappa shape index (κ2) is 4.79. The lowest BCUT2D eigenvalue weighted by Crippen LogP contribution is -2.37. The van der Waals surface area contributed by atoms with E-state index in [0.29, 0.717) is 13.1 Å². The number of hydrogen-bond acceptors (Lipinski definition) is 5. The number of alkyl halides is 2. The lowest BCUT2D eigenvalue weighted by atomic mass is 9.92. The van der Waals surface area contributed by atoms with Crippen LogP contribution in [0.1, 0.15) is 32.5 Å². The molecule has 2 rings (SSSR count). The minimum absolute atomic E-state index is 0.135. The lowest BCUT2D eigenvalue weighted by molar-refractivity contribution is 0.00559. The molecular weight excluding hydrogens is 244 g/mol. The molecule has 0 unspecified atom stereocenters. The molecule has 7 heteroatoms. The van der Waals surface area contributed by atoms with Crippen LogP contribution in [0.15, 0.2) is 4.52 Å². The predicted octanol–water partition coefficient (Wildman–Crippen LogP) is 1.78. The molecule has 0 saturated carbocycles. The summed E-state index contributed by atoms with van der Waals surface area (Å²) in [7, 11) is 0. The third-order valence-corrected chi connectivity index (χ3v) is 3.30. The maximum atomic E-state index is 13.0. The van der Waals surface area contributed by atoms with Crippen molar-refractivity contribution in [2.24, 2.45) is 5.92 Å². The fourth-order valence-electron chi connectivity index (χ4n) is 2.10. The van der Waals surface area contributed by atoms with Crippen LogP contribution in [0.3, 0.4) is 0 Å². The minimum Gasteiger partial charge on any atom is -0.393 e. The highest BCUT2D eigenvalue weighted by Crippen LogP contribution is 2.28. The third-order valence-electron chi connectivity index (χ3n) is 3.30. The molecule has 1 aromatic rings. The van der Waals surface area contributed by atoms with Crippen molar-refractivity contribution in [1.82, 2.24) is 10.1 Å². The highest BCUT2D eigenvalue weighted by atomic mass is 19.3. The number of hydrogen-bond donors (Lipinski definition) is 1. The third kappa shape index (κ3) is 2.77. The number of aliphatic hydroxyl groups is 1. The summed E-state index contributed by atoms with van der Waals surface area (Å²) in [5.41, 5.74) is 0. The predicted molar refractivity (Wildman–Crippen MR) is 60.5 cm³/mol. The first kappa shape index (κ1) is 13.2. The Bertz CT molecular complexity index is 395. The fourth-order valence-corrected chi connectivity index (χ4v) is 2.10. The Morgan fingerprint density at radius 3 is 2.50 bits per heavy atom. The minimum atomic E-state index is -3.08. The second-order valence-electron chi connectivity index (χ2n) is 4.85. The largest absolute Gasteiger partial charge is 0.393 e. The van der Waals surface area contributed by atoms with Gasteiger partial charge in [0.15, 0.2) is 0 Å². The molecule has 1 aliphatic heterocycles. The summed E-state index contributed by atoms with van der Waals surface area (Å²) in [4.78, 5) is 5.49. The molecule has 1 atom stereocenters. The van der Waals surface area contributed by atoms with E-state index in [1.807, 2.05) is 0 Å². The van der Waals surface area contributed by atoms with E-state index in [1.165, 1.54) is 0 Å². The molecule has 5 nitrogen and oxygen atoms in total. The van der Waals surface area contributed by atoms with Crippen molar-refractivity contribution in [1.29, 1.82) is 0 Å². The van der Waals surface area contributed by atoms with Crippen molar-refractivity contribution in [3.63, 3.8) is 0 Å². The van der Waals surface area contributed by atoms with Gasteiger partial charge in [-0.05, 0) is 25.7 Å². The molecule has 0 spiro atoms. The Balaban J connectivity index is 2.00. The smallest absolute Gasteiger partial charge is 0.324 e. The van der Waals surface area contributed by atoms with E-state index in [-0.39, 0.29) is 18.0 Å². The molecule has 2 heterocycles. The summed E-state index contributed by atoms with van der Waals surface area (Å²) < 4.78 is 30.8. The van der Waals surface area contributed by atoms with Crippen LogP contribution in [0.2, 0.25) is 0 Å². The maximum absolute atomic E-state index is 13.0. The first-order chi connectivity index (χ1) is 8.38. The summed E-state index contributed by atoms with van der Waals surface area (Å²) in [5.74, 6) is -3.42. The topological polar surface area (TPSA) is 62.4 Å². The number of rotatable bonds is 3. The van der Waals surface area contributed by atoms with Crippen LogP contribution < -0.4 is 4.90 Å². The molecule has 0 amide bonds. The Hall–Kier alpha value is -1.24. The molecular formula is C11H17F2N3O2. The van der Waals surface area contributed by atoms with Gasteiger partial charge in [-0.1, -0.05) is 5.16 Å². The van der Waals surface area contributed by atoms with Crippen LogP contribution in [-0.4, -0.2) is 34.4 Å². The van der Waals surface area contributed by atoms with Crippen molar-refractivity contribution < 1.29 is 18.4 Å². The summed E-state index contributed by atoms with van der Waals surface area (Å²) in [5, 5.41) is 12.8. The molecule has 1 saturated heterocycles. The van der Waals surface area contributed by atoms with Crippen molar-refractivity contribution >= 4 is 6.01 Å². The number of anilines is 1. The quantitative estimate of drug-likeness (QED) is 0.898. The van der Waals surface area contributed by atoms with Gasteiger partial charge in [-0.2, -0.15) is 13.8 Å². The van der Waals surface area contributed by atoms with E-state index >= 15 is 0 Å². The SMILES string of the molecule is C[C@@H](O)C1CCN(c2nc(C(C)(F)F)no2)CC1. The van der Waals surface area contributed by atoms with E-state index in [0.717, 1.165) is 19.8 Å². The molecule has 0 radical (unpaired) electrons. The van der Waals surface area contributed by atoms with Crippen LogP contribution in [0, 0.1) is 5.92 Å². The van der Waals surface area contributed by atoms with Crippen LogP contribution in [0.5, 0.6) is 0 Å². The number of halogens is 2. The first-order valence-corrected chi connectivity index (χ1v) is 6.03. The molecule has 18 heavy (non-hydrogen) atoms. The molecule has 0 aromatic carbocycles. The normalized spacial score (nSPS) is 20.2. The van der Waals surface area contributed by atoms with Crippen molar-refractivity contribution in [2.75, 3.05) is 18.0 Å². The monoisotopic (exact) mass is 261 g/mol. The zero-order chi connectivity index (χ0) is 13.3. The number of nitrogens with zero attached hydrogens (tertiary/aromatic N) is 3. The van der Waals surface area contributed by atoms with E-state index in [2.05, 4.69) is 10.1 Å². The molecule has 102 valence electrons. The molecule has 1 fully saturated rings. The van der Waals surface area contributed by atoms with E-state index in [1.54, 1.807) is 11.8 Å². The number of aliphatic hydroxyl groups excluding tert-OH is 1. The van der Waals surface area contributed by atoms with Crippen LogP contribution in [-0.2, 0) is 5.92 Å². The second-order valence-corrected chi connectivity index (χ2v) is 4.85. The Kier molecular flexibility index (Phi) is 3.52. The van der Waals surface area contributed by atoms with Gasteiger partial charge < -0.3 is 14.5 Å². The van der Waals surface area contributed by atoms with Gasteiger partial charge >= 0.3 is 11.9 Å².